The van der Waals surface area contributed by atoms with Crippen molar-refractivity contribution in [3.05, 3.63) is 66.5 Å². The number of aromatic nitrogens is 1. The number of primary amides is 1. The first-order chi connectivity index (χ1) is 11.3. The molecule has 0 bridgehead atoms. The summed E-state index contributed by atoms with van der Waals surface area (Å²) in [7, 11) is 0. The summed E-state index contributed by atoms with van der Waals surface area (Å²) in [6, 6.07) is 15.8. The Morgan fingerprint density at radius 1 is 1.13 bits per heavy atom. The van der Waals surface area contributed by atoms with Gasteiger partial charge in [-0.2, -0.15) is 0 Å². The quantitative estimate of drug-likeness (QED) is 0.687. The standard InChI is InChI=1S/C18H17N3O2/c19-18(22)15-12-20-9-8-16(15)21-10-11-23-17-7-3-5-13-4-1-2-6-14(13)17/h1-9,12H,10-11H2,(H2,19,22)(H,20,21). The van der Waals surface area contributed by atoms with E-state index in [4.69, 9.17) is 10.5 Å². The zero-order chi connectivity index (χ0) is 16.1. The van der Waals surface area contributed by atoms with Crippen LogP contribution in [0.5, 0.6) is 5.75 Å². The van der Waals surface area contributed by atoms with Crippen molar-refractivity contribution in [1.82, 2.24) is 4.98 Å². The Labute approximate surface area is 134 Å². The third-order valence-electron chi connectivity index (χ3n) is 3.51. The molecule has 0 fully saturated rings. The lowest BCUT2D eigenvalue weighted by atomic mass is 10.1. The number of carbonyl (C=O) groups is 1. The Hall–Kier alpha value is -3.08. The molecule has 0 unspecified atom stereocenters. The predicted octanol–water partition coefficient (Wildman–Crippen LogP) is 2.82. The van der Waals surface area contributed by atoms with Gasteiger partial charge in [0, 0.05) is 24.3 Å². The fourth-order valence-electron chi connectivity index (χ4n) is 2.41. The van der Waals surface area contributed by atoms with E-state index >= 15 is 0 Å². The van der Waals surface area contributed by atoms with Crippen LogP contribution in [0.15, 0.2) is 60.9 Å². The van der Waals surface area contributed by atoms with Crippen molar-refractivity contribution >= 4 is 22.4 Å². The summed E-state index contributed by atoms with van der Waals surface area (Å²) < 4.78 is 5.85. The number of pyridine rings is 1. The van der Waals surface area contributed by atoms with Gasteiger partial charge in [0.05, 0.1) is 11.3 Å². The highest BCUT2D eigenvalue weighted by Crippen LogP contribution is 2.25. The average Bonchev–Trinajstić information content (AvgIpc) is 2.59. The third kappa shape index (κ3) is 3.40. The van der Waals surface area contributed by atoms with Crippen molar-refractivity contribution in [3.63, 3.8) is 0 Å². The maximum Gasteiger partial charge on any atom is 0.252 e. The number of carbonyl (C=O) groups excluding carboxylic acids is 1. The van der Waals surface area contributed by atoms with Crippen molar-refractivity contribution in [2.24, 2.45) is 5.73 Å². The summed E-state index contributed by atoms with van der Waals surface area (Å²) in [5, 5.41) is 5.37. The molecule has 5 nitrogen and oxygen atoms in total. The van der Waals surface area contributed by atoms with Crippen LogP contribution in [0.25, 0.3) is 10.8 Å². The number of amides is 1. The number of hydrogen-bond acceptors (Lipinski definition) is 4. The number of hydrogen-bond donors (Lipinski definition) is 2. The molecule has 2 aromatic carbocycles. The van der Waals surface area contributed by atoms with E-state index in [2.05, 4.69) is 22.4 Å². The number of benzene rings is 2. The van der Waals surface area contributed by atoms with Gasteiger partial charge in [0.2, 0.25) is 0 Å². The van der Waals surface area contributed by atoms with Crippen LogP contribution in [-0.4, -0.2) is 24.0 Å². The number of nitrogens with zero attached hydrogens (tertiary/aromatic N) is 1. The normalized spacial score (nSPS) is 10.4. The number of anilines is 1. The molecular weight excluding hydrogens is 290 g/mol. The summed E-state index contributed by atoms with van der Waals surface area (Å²) in [6.45, 7) is 1.02. The fraction of sp³-hybridized carbons (Fsp3) is 0.111. The molecule has 1 aromatic heterocycles. The molecule has 116 valence electrons. The fourth-order valence-corrected chi connectivity index (χ4v) is 2.41. The Kier molecular flexibility index (Phi) is 4.38. The molecule has 0 spiro atoms. The molecule has 3 aromatic rings. The maximum atomic E-state index is 11.3. The van der Waals surface area contributed by atoms with E-state index in [1.165, 1.54) is 6.20 Å². The van der Waals surface area contributed by atoms with E-state index in [-0.39, 0.29) is 0 Å². The van der Waals surface area contributed by atoms with Crippen LogP contribution < -0.4 is 15.8 Å². The van der Waals surface area contributed by atoms with Gasteiger partial charge >= 0.3 is 0 Å². The lowest BCUT2D eigenvalue weighted by Gasteiger charge is -2.12. The highest BCUT2D eigenvalue weighted by atomic mass is 16.5. The monoisotopic (exact) mass is 307 g/mol. The summed E-state index contributed by atoms with van der Waals surface area (Å²) in [5.41, 5.74) is 6.36. The van der Waals surface area contributed by atoms with E-state index in [1.807, 2.05) is 30.3 Å². The predicted molar refractivity (Wildman–Crippen MR) is 90.7 cm³/mol. The van der Waals surface area contributed by atoms with E-state index in [0.29, 0.717) is 24.4 Å². The Balaban J connectivity index is 1.63. The van der Waals surface area contributed by atoms with Gasteiger partial charge in [0.1, 0.15) is 12.4 Å². The minimum absolute atomic E-state index is 0.373. The molecule has 0 aliphatic rings. The number of fused-ring (bicyclic) bond motifs is 1. The van der Waals surface area contributed by atoms with Crippen LogP contribution in [0.3, 0.4) is 0 Å². The molecule has 0 radical (unpaired) electrons. The highest BCUT2D eigenvalue weighted by molar-refractivity contribution is 5.98. The molecule has 3 N–H and O–H groups in total. The minimum atomic E-state index is -0.504. The van der Waals surface area contributed by atoms with Gasteiger partial charge in [-0.15, -0.1) is 0 Å². The minimum Gasteiger partial charge on any atom is -0.491 e. The number of rotatable bonds is 6. The van der Waals surface area contributed by atoms with Gasteiger partial charge in [-0.1, -0.05) is 36.4 Å². The summed E-state index contributed by atoms with van der Waals surface area (Å²) in [6.07, 6.45) is 3.07. The second-order valence-electron chi connectivity index (χ2n) is 5.04. The Bertz CT molecular complexity index is 828. The molecule has 23 heavy (non-hydrogen) atoms. The van der Waals surface area contributed by atoms with Crippen LogP contribution in [0.4, 0.5) is 5.69 Å². The van der Waals surface area contributed by atoms with Crippen molar-refractivity contribution in [2.75, 3.05) is 18.5 Å². The number of ether oxygens (including phenoxy) is 1. The van der Waals surface area contributed by atoms with Crippen LogP contribution in [0.1, 0.15) is 10.4 Å². The topological polar surface area (TPSA) is 77.2 Å². The first-order valence-electron chi connectivity index (χ1n) is 7.34. The van der Waals surface area contributed by atoms with E-state index in [0.717, 1.165) is 16.5 Å². The molecule has 0 atom stereocenters. The number of nitrogens with one attached hydrogen (secondary N) is 1. The molecule has 1 heterocycles. The van der Waals surface area contributed by atoms with E-state index < -0.39 is 5.91 Å². The lowest BCUT2D eigenvalue weighted by Crippen LogP contribution is -2.17. The van der Waals surface area contributed by atoms with Crippen LogP contribution in [0, 0.1) is 0 Å². The van der Waals surface area contributed by atoms with E-state index in [9.17, 15) is 4.79 Å². The Morgan fingerprint density at radius 2 is 1.96 bits per heavy atom. The molecule has 0 aliphatic heterocycles. The lowest BCUT2D eigenvalue weighted by molar-refractivity contribution is 0.100. The SMILES string of the molecule is NC(=O)c1cnccc1NCCOc1cccc2ccccc12. The van der Waals surface area contributed by atoms with Gasteiger partial charge < -0.3 is 15.8 Å². The van der Waals surface area contributed by atoms with Gasteiger partial charge in [0.25, 0.3) is 5.91 Å². The van der Waals surface area contributed by atoms with Gasteiger partial charge in [0.15, 0.2) is 0 Å². The first-order valence-corrected chi connectivity index (χ1v) is 7.34. The Morgan fingerprint density at radius 3 is 2.83 bits per heavy atom. The average molecular weight is 307 g/mol. The second kappa shape index (κ2) is 6.79. The number of nitrogens with two attached hydrogens (primary N) is 1. The van der Waals surface area contributed by atoms with Gasteiger partial charge in [-0.05, 0) is 17.5 Å². The summed E-state index contributed by atoms with van der Waals surface area (Å²) in [4.78, 5) is 15.2. The summed E-state index contributed by atoms with van der Waals surface area (Å²) >= 11 is 0. The second-order valence-corrected chi connectivity index (χ2v) is 5.04. The largest absolute Gasteiger partial charge is 0.491 e. The van der Waals surface area contributed by atoms with Crippen molar-refractivity contribution < 1.29 is 9.53 Å². The highest BCUT2D eigenvalue weighted by Gasteiger charge is 2.07. The molecule has 5 heteroatoms. The van der Waals surface area contributed by atoms with Crippen LogP contribution >= 0.6 is 0 Å². The van der Waals surface area contributed by atoms with Crippen LogP contribution in [0.2, 0.25) is 0 Å². The van der Waals surface area contributed by atoms with Crippen molar-refractivity contribution in [2.45, 2.75) is 0 Å². The molecule has 0 aliphatic carbocycles. The van der Waals surface area contributed by atoms with E-state index in [1.54, 1.807) is 12.3 Å². The van der Waals surface area contributed by atoms with Crippen molar-refractivity contribution in [3.8, 4) is 5.75 Å². The van der Waals surface area contributed by atoms with Gasteiger partial charge in [-0.3, -0.25) is 9.78 Å². The maximum absolute atomic E-state index is 11.3. The smallest absolute Gasteiger partial charge is 0.252 e. The molecule has 0 saturated carbocycles. The van der Waals surface area contributed by atoms with Crippen LogP contribution in [-0.2, 0) is 0 Å². The molecular formula is C18H17N3O2. The molecule has 3 rings (SSSR count). The summed E-state index contributed by atoms with van der Waals surface area (Å²) in [5.74, 6) is 0.338. The first kappa shape index (κ1) is 14.8. The molecule has 1 amide bonds. The zero-order valence-electron chi connectivity index (χ0n) is 12.5. The molecule has 0 saturated heterocycles. The third-order valence-corrected chi connectivity index (χ3v) is 3.51. The van der Waals surface area contributed by atoms with Gasteiger partial charge in [-0.25, -0.2) is 0 Å². The zero-order valence-corrected chi connectivity index (χ0v) is 12.5. The van der Waals surface area contributed by atoms with Crippen molar-refractivity contribution in [1.29, 1.82) is 0 Å².